The maximum Gasteiger partial charge on any atom is 0.165 e. The van der Waals surface area contributed by atoms with E-state index >= 15 is 0 Å². The van der Waals surface area contributed by atoms with Gasteiger partial charge in [0.05, 0.1) is 0 Å². The van der Waals surface area contributed by atoms with Gasteiger partial charge in [0.25, 0.3) is 0 Å². The van der Waals surface area contributed by atoms with Gasteiger partial charge in [-0.15, -0.1) is 11.3 Å². The summed E-state index contributed by atoms with van der Waals surface area (Å²) in [6, 6.07) is 65.6. The number of hydrogen-bond acceptors (Lipinski definition) is 5. The van der Waals surface area contributed by atoms with Crippen molar-refractivity contribution in [3.63, 3.8) is 0 Å². The molecule has 56 heavy (non-hydrogen) atoms. The predicted molar refractivity (Wildman–Crippen MR) is 233 cm³/mol. The lowest BCUT2D eigenvalue weighted by Crippen LogP contribution is -2.01. The normalized spacial score (nSPS) is 11.6. The van der Waals surface area contributed by atoms with Crippen molar-refractivity contribution in [1.82, 2.24) is 15.0 Å². The number of furan rings is 1. The van der Waals surface area contributed by atoms with Crippen LogP contribution < -0.4 is 0 Å². The van der Waals surface area contributed by atoms with E-state index < -0.39 is 0 Å². The summed E-state index contributed by atoms with van der Waals surface area (Å²) in [4.78, 5) is 15.6. The van der Waals surface area contributed by atoms with Gasteiger partial charge in [-0.3, -0.25) is 0 Å². The average Bonchev–Trinajstić information content (AvgIpc) is 3.86. The molecule has 0 spiro atoms. The van der Waals surface area contributed by atoms with Crippen LogP contribution in [0.15, 0.2) is 192 Å². The molecule has 0 bridgehead atoms. The van der Waals surface area contributed by atoms with E-state index in [-0.39, 0.29) is 0 Å². The molecule has 8 aromatic carbocycles. The Labute approximate surface area is 327 Å². The maximum absolute atomic E-state index is 6.33. The van der Waals surface area contributed by atoms with Crippen LogP contribution in [-0.4, -0.2) is 15.0 Å². The number of aromatic nitrogens is 3. The Hall–Kier alpha value is -7.21. The lowest BCUT2D eigenvalue weighted by molar-refractivity contribution is 0.670. The first kappa shape index (κ1) is 32.2. The van der Waals surface area contributed by atoms with Gasteiger partial charge < -0.3 is 4.42 Å². The van der Waals surface area contributed by atoms with Crippen molar-refractivity contribution in [1.29, 1.82) is 0 Å². The molecule has 11 rings (SSSR count). The molecule has 4 nitrogen and oxygen atoms in total. The van der Waals surface area contributed by atoms with E-state index in [1.807, 2.05) is 18.2 Å². The molecule has 3 heterocycles. The molecule has 3 aromatic heterocycles. The fraction of sp³-hybridized carbons (Fsp3) is 0. The second-order valence-electron chi connectivity index (χ2n) is 13.9. The van der Waals surface area contributed by atoms with E-state index in [0.717, 1.165) is 72.0 Å². The van der Waals surface area contributed by atoms with Crippen molar-refractivity contribution in [2.75, 3.05) is 0 Å². The van der Waals surface area contributed by atoms with Crippen LogP contribution in [0.3, 0.4) is 0 Å². The summed E-state index contributed by atoms with van der Waals surface area (Å²) in [7, 11) is 0. The molecule has 0 radical (unpaired) electrons. The highest BCUT2D eigenvalue weighted by atomic mass is 32.1. The highest BCUT2D eigenvalue weighted by Crippen LogP contribution is 2.41. The Bertz CT molecular complexity index is 3240. The van der Waals surface area contributed by atoms with Gasteiger partial charge in [0, 0.05) is 53.2 Å². The van der Waals surface area contributed by atoms with Crippen molar-refractivity contribution < 1.29 is 4.42 Å². The zero-order chi connectivity index (χ0) is 37.0. The summed E-state index contributed by atoms with van der Waals surface area (Å²) in [5.74, 6) is 1.93. The van der Waals surface area contributed by atoms with Crippen molar-refractivity contribution in [2.45, 2.75) is 0 Å². The minimum Gasteiger partial charge on any atom is -0.455 e. The van der Waals surface area contributed by atoms with Crippen molar-refractivity contribution in [3.8, 4) is 67.5 Å². The monoisotopic (exact) mass is 733 g/mol. The third kappa shape index (κ3) is 5.48. The number of benzene rings is 8. The Morgan fingerprint density at radius 2 is 0.839 bits per heavy atom. The zero-order valence-electron chi connectivity index (χ0n) is 30.1. The van der Waals surface area contributed by atoms with E-state index in [4.69, 9.17) is 19.4 Å². The summed E-state index contributed by atoms with van der Waals surface area (Å²) >= 11 is 1.78. The predicted octanol–water partition coefficient (Wildman–Crippen LogP) is 14.1. The molecule has 0 unspecified atom stereocenters. The maximum atomic E-state index is 6.33. The van der Waals surface area contributed by atoms with Crippen LogP contribution in [0.2, 0.25) is 0 Å². The van der Waals surface area contributed by atoms with Gasteiger partial charge in [-0.05, 0) is 46.0 Å². The molecule has 0 saturated carbocycles. The van der Waals surface area contributed by atoms with Gasteiger partial charge in [0.2, 0.25) is 0 Å². The van der Waals surface area contributed by atoms with E-state index in [0.29, 0.717) is 17.5 Å². The van der Waals surface area contributed by atoms with Gasteiger partial charge >= 0.3 is 0 Å². The van der Waals surface area contributed by atoms with Crippen LogP contribution in [0.5, 0.6) is 0 Å². The van der Waals surface area contributed by atoms with Crippen molar-refractivity contribution in [3.05, 3.63) is 188 Å². The SMILES string of the molecule is c1ccc(-c2ccccc2-c2nc(-c3ccc(-c4ccc(-c5cccc6c5oc5ccccc56)cc4)cc3)nc(-c3cccc4c3sc3ccccc34)n2)cc1. The minimum atomic E-state index is 0.631. The Balaban J connectivity index is 0.999. The number of hydrogen-bond donors (Lipinski definition) is 0. The summed E-state index contributed by atoms with van der Waals surface area (Å²) < 4.78 is 8.74. The third-order valence-corrected chi connectivity index (χ3v) is 11.8. The van der Waals surface area contributed by atoms with E-state index in [9.17, 15) is 0 Å². The molecule has 0 aliphatic rings. The molecule has 0 N–H and O–H groups in total. The van der Waals surface area contributed by atoms with Crippen LogP contribution in [0, 0.1) is 0 Å². The molecule has 0 amide bonds. The Morgan fingerprint density at radius 3 is 1.62 bits per heavy atom. The molecular formula is C51H31N3OS. The summed E-state index contributed by atoms with van der Waals surface area (Å²) in [5.41, 5.74) is 11.3. The van der Waals surface area contributed by atoms with Crippen LogP contribution in [0.1, 0.15) is 0 Å². The van der Waals surface area contributed by atoms with Gasteiger partial charge in [0.15, 0.2) is 17.5 Å². The fourth-order valence-corrected chi connectivity index (χ4v) is 9.06. The van der Waals surface area contributed by atoms with E-state index in [1.54, 1.807) is 11.3 Å². The molecule has 262 valence electrons. The fourth-order valence-electron chi connectivity index (χ4n) is 7.85. The summed E-state index contributed by atoms with van der Waals surface area (Å²) in [5, 5.41) is 4.72. The lowest BCUT2D eigenvalue weighted by Gasteiger charge is -2.12. The zero-order valence-corrected chi connectivity index (χ0v) is 30.9. The average molecular weight is 734 g/mol. The van der Waals surface area contributed by atoms with Crippen LogP contribution >= 0.6 is 11.3 Å². The minimum absolute atomic E-state index is 0.631. The molecular weight excluding hydrogens is 703 g/mol. The number of thiophene rings is 1. The molecule has 0 aliphatic carbocycles. The highest BCUT2D eigenvalue weighted by Gasteiger charge is 2.19. The Kier molecular flexibility index (Phi) is 7.64. The van der Waals surface area contributed by atoms with Gasteiger partial charge in [-0.1, -0.05) is 170 Å². The number of nitrogens with zero attached hydrogens (tertiary/aromatic N) is 3. The number of para-hydroxylation sites is 2. The quantitative estimate of drug-likeness (QED) is 0.171. The molecule has 5 heteroatoms. The number of rotatable bonds is 6. The standard InChI is InChI=1S/C51H31N3OS/c1-2-12-34(13-3-1)37-14-4-5-17-43(37)50-52-49(53-51(54-50)44-21-11-20-42-40-16-7-9-23-46(40)56-48(42)44)36-30-26-33(27-31-36)32-24-28-35(29-25-32)38-18-10-19-41-39-15-6-8-22-45(39)55-47(38)41/h1-31H. The highest BCUT2D eigenvalue weighted by molar-refractivity contribution is 7.26. The summed E-state index contributed by atoms with van der Waals surface area (Å²) in [6.07, 6.45) is 0. The molecule has 0 atom stereocenters. The second-order valence-corrected chi connectivity index (χ2v) is 15.0. The van der Waals surface area contributed by atoms with Crippen LogP contribution in [0.4, 0.5) is 0 Å². The van der Waals surface area contributed by atoms with Crippen molar-refractivity contribution in [2.24, 2.45) is 0 Å². The second kappa shape index (κ2) is 13.3. The van der Waals surface area contributed by atoms with E-state index in [1.165, 1.54) is 20.2 Å². The molecule has 0 saturated heterocycles. The molecule has 11 aromatic rings. The molecule has 0 fully saturated rings. The third-order valence-electron chi connectivity index (χ3n) is 10.6. The lowest BCUT2D eigenvalue weighted by atomic mass is 9.98. The topological polar surface area (TPSA) is 51.8 Å². The van der Waals surface area contributed by atoms with Crippen molar-refractivity contribution >= 4 is 53.4 Å². The van der Waals surface area contributed by atoms with Crippen LogP contribution in [0.25, 0.3) is 110 Å². The van der Waals surface area contributed by atoms with E-state index in [2.05, 4.69) is 170 Å². The largest absolute Gasteiger partial charge is 0.455 e. The van der Waals surface area contributed by atoms with Gasteiger partial charge in [-0.2, -0.15) is 0 Å². The Morgan fingerprint density at radius 1 is 0.321 bits per heavy atom. The first-order valence-corrected chi connectivity index (χ1v) is 19.5. The smallest absolute Gasteiger partial charge is 0.165 e. The number of fused-ring (bicyclic) bond motifs is 6. The molecule has 0 aliphatic heterocycles. The first-order chi connectivity index (χ1) is 27.7. The first-order valence-electron chi connectivity index (χ1n) is 18.7. The van der Waals surface area contributed by atoms with Gasteiger partial charge in [0.1, 0.15) is 11.2 Å². The van der Waals surface area contributed by atoms with Crippen LogP contribution in [-0.2, 0) is 0 Å². The van der Waals surface area contributed by atoms with Gasteiger partial charge in [-0.25, -0.2) is 15.0 Å². The summed E-state index contributed by atoms with van der Waals surface area (Å²) in [6.45, 7) is 0.